The van der Waals surface area contributed by atoms with Gasteiger partial charge in [0.2, 0.25) is 5.91 Å². The molecule has 1 aliphatic heterocycles. The normalized spacial score (nSPS) is 23.5. The van der Waals surface area contributed by atoms with Crippen LogP contribution in [0.2, 0.25) is 0 Å². The standard InChI is InChI=1S/C28H56NO7P/c1-3-4-5-6-7-8-9-10-11-12-13-14-15-16-17-18-19-20-21-36-37(34,35)23-26-28(33)27(32)25(22-30)29(26)24(2)31/h25-28,30,32-33H,3-23H2,1-2H3,(H,34,35)/t25-,26-,27-,28-/m1/s1. The van der Waals surface area contributed by atoms with Crippen molar-refractivity contribution in [2.45, 2.75) is 154 Å². The van der Waals surface area contributed by atoms with E-state index < -0.39 is 50.6 Å². The lowest BCUT2D eigenvalue weighted by atomic mass is 10.0. The van der Waals surface area contributed by atoms with Crippen molar-refractivity contribution in [1.82, 2.24) is 4.90 Å². The molecule has 4 N–H and O–H groups in total. The SMILES string of the molecule is CCCCCCCCCCCCCCCCCCCCOP(=O)(O)C[C@@H]1[C@@H](O)[C@H](O)[C@@H](CO)N1C(C)=O. The van der Waals surface area contributed by atoms with Gasteiger partial charge in [-0.1, -0.05) is 116 Å². The van der Waals surface area contributed by atoms with Crippen LogP contribution in [0.5, 0.6) is 0 Å². The number of carbonyl (C=O) groups is 1. The molecule has 1 heterocycles. The van der Waals surface area contributed by atoms with Crippen molar-refractivity contribution in [1.29, 1.82) is 0 Å². The highest BCUT2D eigenvalue weighted by atomic mass is 31.2. The first-order valence-corrected chi connectivity index (χ1v) is 16.7. The summed E-state index contributed by atoms with van der Waals surface area (Å²) in [6, 6.07) is -2.06. The first kappa shape index (κ1) is 34.5. The van der Waals surface area contributed by atoms with E-state index in [4.69, 9.17) is 4.52 Å². The van der Waals surface area contributed by atoms with Crippen LogP contribution >= 0.6 is 7.60 Å². The lowest BCUT2D eigenvalue weighted by Gasteiger charge is -2.29. The summed E-state index contributed by atoms with van der Waals surface area (Å²) in [5.74, 6) is -0.483. The van der Waals surface area contributed by atoms with E-state index in [1.807, 2.05) is 0 Å². The lowest BCUT2D eigenvalue weighted by molar-refractivity contribution is -0.133. The number of aliphatic hydroxyl groups is 3. The number of aliphatic hydroxyl groups excluding tert-OH is 3. The van der Waals surface area contributed by atoms with E-state index in [2.05, 4.69) is 6.92 Å². The zero-order valence-corrected chi connectivity index (χ0v) is 24.5. The number of unbranched alkanes of at least 4 members (excludes halogenated alkanes) is 17. The summed E-state index contributed by atoms with van der Waals surface area (Å²) in [4.78, 5) is 23.2. The molecular formula is C28H56NO7P. The fourth-order valence-electron chi connectivity index (χ4n) is 5.39. The number of nitrogens with zero attached hydrogens (tertiary/aromatic N) is 1. The smallest absolute Gasteiger partial charge is 0.330 e. The average Bonchev–Trinajstić information content (AvgIpc) is 3.09. The molecule has 1 amide bonds. The van der Waals surface area contributed by atoms with Crippen molar-refractivity contribution in [3.05, 3.63) is 0 Å². The summed E-state index contributed by atoms with van der Waals surface area (Å²) >= 11 is 0. The number of likely N-dealkylation sites (tertiary alicyclic amines) is 1. The Bertz CT molecular complexity index is 636. The van der Waals surface area contributed by atoms with Crippen molar-refractivity contribution in [3.63, 3.8) is 0 Å². The molecule has 0 aromatic carbocycles. The van der Waals surface area contributed by atoms with E-state index >= 15 is 0 Å². The second kappa shape index (κ2) is 20.4. The van der Waals surface area contributed by atoms with Crippen molar-refractivity contribution in [2.24, 2.45) is 0 Å². The predicted molar refractivity (Wildman–Crippen MR) is 149 cm³/mol. The summed E-state index contributed by atoms with van der Waals surface area (Å²) in [7, 11) is -4.06. The third-order valence-electron chi connectivity index (χ3n) is 7.61. The minimum atomic E-state index is -4.06. The molecule has 0 bridgehead atoms. The van der Waals surface area contributed by atoms with Crippen LogP contribution in [0.3, 0.4) is 0 Å². The van der Waals surface area contributed by atoms with Gasteiger partial charge in [-0.2, -0.15) is 0 Å². The molecule has 1 unspecified atom stereocenters. The highest BCUT2D eigenvalue weighted by Gasteiger charge is 2.50. The fraction of sp³-hybridized carbons (Fsp3) is 0.964. The molecule has 8 nitrogen and oxygen atoms in total. The molecule has 5 atom stereocenters. The number of rotatable bonds is 23. The Kier molecular flexibility index (Phi) is 19.0. The molecule has 0 aliphatic carbocycles. The van der Waals surface area contributed by atoms with Gasteiger partial charge in [0.25, 0.3) is 0 Å². The van der Waals surface area contributed by atoms with Gasteiger partial charge in [-0.05, 0) is 6.42 Å². The van der Waals surface area contributed by atoms with Crippen LogP contribution in [0.4, 0.5) is 0 Å². The van der Waals surface area contributed by atoms with Gasteiger partial charge in [-0.15, -0.1) is 0 Å². The second-order valence-electron chi connectivity index (χ2n) is 10.9. The fourth-order valence-corrected chi connectivity index (χ4v) is 6.77. The summed E-state index contributed by atoms with van der Waals surface area (Å²) in [6.45, 7) is 3.10. The second-order valence-corrected chi connectivity index (χ2v) is 12.8. The van der Waals surface area contributed by atoms with Gasteiger partial charge in [-0.25, -0.2) is 0 Å². The van der Waals surface area contributed by atoms with Gasteiger partial charge in [-0.3, -0.25) is 9.36 Å². The van der Waals surface area contributed by atoms with E-state index in [-0.39, 0.29) is 6.61 Å². The quantitative estimate of drug-likeness (QED) is 0.0973. The molecule has 0 saturated carbocycles. The van der Waals surface area contributed by atoms with Crippen LogP contribution < -0.4 is 0 Å². The first-order valence-electron chi connectivity index (χ1n) is 15.0. The molecule has 37 heavy (non-hydrogen) atoms. The number of carbonyl (C=O) groups excluding carboxylic acids is 1. The minimum Gasteiger partial charge on any atom is -0.394 e. The van der Waals surface area contributed by atoms with Gasteiger partial charge in [0.1, 0.15) is 12.2 Å². The van der Waals surface area contributed by atoms with Gasteiger partial charge < -0.3 is 29.6 Å². The van der Waals surface area contributed by atoms with Gasteiger partial charge in [0.15, 0.2) is 0 Å². The Hall–Kier alpha value is -0.500. The third kappa shape index (κ3) is 14.5. The van der Waals surface area contributed by atoms with E-state index in [0.29, 0.717) is 6.42 Å². The highest BCUT2D eigenvalue weighted by molar-refractivity contribution is 7.52. The Morgan fingerprint density at radius 1 is 0.730 bits per heavy atom. The van der Waals surface area contributed by atoms with Crippen molar-refractivity contribution < 1.29 is 34.1 Å². The van der Waals surface area contributed by atoms with Crippen molar-refractivity contribution in [3.8, 4) is 0 Å². The molecule has 1 fully saturated rings. The van der Waals surface area contributed by atoms with Crippen molar-refractivity contribution >= 4 is 13.5 Å². The number of amides is 1. The molecule has 0 aromatic rings. The Balaban J connectivity index is 2.00. The van der Waals surface area contributed by atoms with E-state index in [0.717, 1.165) is 24.2 Å². The largest absolute Gasteiger partial charge is 0.394 e. The molecule has 0 radical (unpaired) electrons. The maximum atomic E-state index is 12.5. The summed E-state index contributed by atoms with van der Waals surface area (Å²) < 4.78 is 17.7. The van der Waals surface area contributed by atoms with E-state index in [1.165, 1.54) is 96.8 Å². The molecule has 1 rings (SSSR count). The zero-order chi connectivity index (χ0) is 27.5. The predicted octanol–water partition coefficient (Wildman–Crippen LogP) is 5.54. The zero-order valence-electron chi connectivity index (χ0n) is 23.6. The maximum Gasteiger partial charge on any atom is 0.330 e. The molecule has 220 valence electrons. The topological polar surface area (TPSA) is 128 Å². The molecule has 1 aliphatic rings. The molecule has 0 aromatic heterocycles. The lowest BCUT2D eigenvalue weighted by Crippen LogP contribution is -2.45. The first-order chi connectivity index (χ1) is 17.7. The number of hydrogen-bond acceptors (Lipinski definition) is 6. The molecule has 0 spiro atoms. The summed E-state index contributed by atoms with van der Waals surface area (Å²) in [5, 5.41) is 29.7. The van der Waals surface area contributed by atoms with Crippen LogP contribution in [0.1, 0.15) is 129 Å². The highest BCUT2D eigenvalue weighted by Crippen LogP contribution is 2.45. The third-order valence-corrected chi connectivity index (χ3v) is 9.03. The molecule has 1 saturated heterocycles. The van der Waals surface area contributed by atoms with E-state index in [1.54, 1.807) is 0 Å². The number of hydrogen-bond donors (Lipinski definition) is 4. The Morgan fingerprint density at radius 2 is 1.11 bits per heavy atom. The summed E-state index contributed by atoms with van der Waals surface area (Å²) in [5.41, 5.74) is 0. The van der Waals surface area contributed by atoms with Crippen LogP contribution in [-0.2, 0) is 13.9 Å². The van der Waals surface area contributed by atoms with Crippen molar-refractivity contribution in [2.75, 3.05) is 19.4 Å². The van der Waals surface area contributed by atoms with Crippen LogP contribution in [0, 0.1) is 0 Å². The minimum absolute atomic E-state index is 0.140. The van der Waals surface area contributed by atoms with Crippen LogP contribution in [0.15, 0.2) is 0 Å². The van der Waals surface area contributed by atoms with E-state index in [9.17, 15) is 29.6 Å². The Labute approximate surface area is 225 Å². The van der Waals surface area contributed by atoms with Gasteiger partial charge >= 0.3 is 7.60 Å². The Morgan fingerprint density at radius 3 is 1.49 bits per heavy atom. The molecular weight excluding hydrogens is 493 g/mol. The van der Waals surface area contributed by atoms with Crippen LogP contribution in [-0.4, -0.2) is 74.7 Å². The average molecular weight is 550 g/mol. The van der Waals surface area contributed by atoms with Crippen LogP contribution in [0.25, 0.3) is 0 Å². The summed E-state index contributed by atoms with van der Waals surface area (Å²) in [6.07, 6.45) is 19.6. The monoisotopic (exact) mass is 549 g/mol. The van der Waals surface area contributed by atoms with Gasteiger partial charge in [0, 0.05) is 6.92 Å². The maximum absolute atomic E-state index is 12.5. The molecule has 9 heteroatoms. The van der Waals surface area contributed by atoms with Gasteiger partial charge in [0.05, 0.1) is 31.5 Å².